The molecule has 3 N–H and O–H groups in total. The Hall–Kier alpha value is -2.37. The Kier molecular flexibility index (Phi) is 5.31. The van der Waals surface area contributed by atoms with Gasteiger partial charge < -0.3 is 15.8 Å². The van der Waals surface area contributed by atoms with Crippen LogP contribution in [0.5, 0.6) is 5.75 Å². The molecule has 0 amide bonds. The fraction of sp³-hybridized carbons (Fsp3) is 0.333. The number of nitrogens with zero attached hydrogens (tertiary/aromatic N) is 2. The average molecular weight is 290 g/mol. The fourth-order valence-electron chi connectivity index (χ4n) is 1.74. The minimum Gasteiger partial charge on any atom is -0.483 e. The molecular weight excluding hydrogens is 271 g/mol. The number of halogens is 1. The number of hydrogen-bond donors (Lipinski definition) is 2. The van der Waals surface area contributed by atoms with Crippen LogP contribution in [0.2, 0.25) is 0 Å². The summed E-state index contributed by atoms with van der Waals surface area (Å²) in [5.74, 6) is 1.04. The van der Waals surface area contributed by atoms with Crippen LogP contribution in [-0.4, -0.2) is 16.5 Å². The third-order valence-corrected chi connectivity index (χ3v) is 2.90. The van der Waals surface area contributed by atoms with Crippen LogP contribution < -0.4 is 15.8 Å². The van der Waals surface area contributed by atoms with Crippen LogP contribution in [0.1, 0.15) is 25.3 Å². The summed E-state index contributed by atoms with van der Waals surface area (Å²) in [5.41, 5.74) is 6.46. The number of benzene rings is 1. The highest BCUT2D eigenvalue weighted by Crippen LogP contribution is 2.22. The van der Waals surface area contributed by atoms with E-state index in [1.165, 1.54) is 12.1 Å². The molecule has 0 atom stereocenters. The lowest BCUT2D eigenvalue weighted by molar-refractivity contribution is 0.305. The minimum absolute atomic E-state index is 0.197. The van der Waals surface area contributed by atoms with Gasteiger partial charge in [-0.3, -0.25) is 0 Å². The number of anilines is 2. The Balaban J connectivity index is 2.02. The van der Waals surface area contributed by atoms with Gasteiger partial charge in [0.05, 0.1) is 6.20 Å². The van der Waals surface area contributed by atoms with Gasteiger partial charge in [0.25, 0.3) is 0 Å². The van der Waals surface area contributed by atoms with Crippen LogP contribution in [-0.2, 0) is 6.61 Å². The molecule has 5 nitrogen and oxygen atoms in total. The first kappa shape index (κ1) is 15.0. The largest absolute Gasteiger partial charge is 0.483 e. The first-order valence-corrected chi connectivity index (χ1v) is 6.92. The van der Waals surface area contributed by atoms with E-state index in [0.717, 1.165) is 24.9 Å². The van der Waals surface area contributed by atoms with E-state index in [2.05, 4.69) is 22.2 Å². The van der Waals surface area contributed by atoms with E-state index in [-0.39, 0.29) is 11.8 Å². The number of nitrogens with one attached hydrogen (secondary N) is 1. The van der Waals surface area contributed by atoms with E-state index < -0.39 is 0 Å². The van der Waals surface area contributed by atoms with Crippen molar-refractivity contribution in [3.63, 3.8) is 0 Å². The summed E-state index contributed by atoms with van der Waals surface area (Å²) in [6.45, 7) is 3.22. The summed E-state index contributed by atoms with van der Waals surface area (Å²) in [7, 11) is 0. The summed E-state index contributed by atoms with van der Waals surface area (Å²) in [5, 5.41) is 3.18. The highest BCUT2D eigenvalue weighted by Gasteiger charge is 2.07. The van der Waals surface area contributed by atoms with Gasteiger partial charge in [-0.15, -0.1) is 0 Å². The first-order chi connectivity index (χ1) is 10.2. The van der Waals surface area contributed by atoms with Gasteiger partial charge in [-0.1, -0.05) is 25.5 Å². The SMILES string of the molecule is CCCCNc1nc(N)ncc1OCc1ccc(F)cc1. The standard InChI is InChI=1S/C15H19FN4O/c1-2-3-8-18-14-13(9-19-15(17)20-14)21-10-11-4-6-12(16)7-5-11/h4-7,9H,2-3,8,10H2,1H3,(H3,17,18,19,20). The third kappa shape index (κ3) is 4.59. The quantitative estimate of drug-likeness (QED) is 0.767. The molecule has 1 aromatic carbocycles. The number of nitrogens with two attached hydrogens (primary N) is 1. The van der Waals surface area contributed by atoms with Crippen LogP contribution in [0, 0.1) is 5.82 Å². The second-order valence-electron chi connectivity index (χ2n) is 4.64. The topological polar surface area (TPSA) is 73.1 Å². The molecule has 0 bridgehead atoms. The average Bonchev–Trinajstić information content (AvgIpc) is 2.48. The molecule has 0 aliphatic carbocycles. The molecule has 0 saturated carbocycles. The zero-order chi connectivity index (χ0) is 15.1. The van der Waals surface area contributed by atoms with Gasteiger partial charge in [0.1, 0.15) is 12.4 Å². The maximum atomic E-state index is 12.8. The molecule has 112 valence electrons. The summed E-state index contributed by atoms with van der Waals surface area (Å²) in [6.07, 6.45) is 3.65. The van der Waals surface area contributed by atoms with Gasteiger partial charge in [-0.2, -0.15) is 4.98 Å². The maximum absolute atomic E-state index is 12.8. The van der Waals surface area contributed by atoms with Crippen molar-refractivity contribution in [1.82, 2.24) is 9.97 Å². The number of rotatable bonds is 7. The van der Waals surface area contributed by atoms with E-state index in [1.807, 2.05) is 0 Å². The first-order valence-electron chi connectivity index (χ1n) is 6.92. The monoisotopic (exact) mass is 290 g/mol. The highest BCUT2D eigenvalue weighted by molar-refractivity contribution is 5.51. The van der Waals surface area contributed by atoms with Gasteiger partial charge in [0.2, 0.25) is 5.95 Å². The van der Waals surface area contributed by atoms with Crippen LogP contribution in [0.15, 0.2) is 30.5 Å². The molecule has 21 heavy (non-hydrogen) atoms. The van der Waals surface area contributed by atoms with Gasteiger partial charge in [-0.25, -0.2) is 9.37 Å². The van der Waals surface area contributed by atoms with Crippen molar-refractivity contribution in [2.45, 2.75) is 26.4 Å². The normalized spacial score (nSPS) is 10.4. The molecule has 6 heteroatoms. The molecule has 0 aliphatic rings. The Labute approximate surface area is 123 Å². The van der Waals surface area contributed by atoms with Crippen molar-refractivity contribution >= 4 is 11.8 Å². The molecule has 2 rings (SSSR count). The molecule has 0 radical (unpaired) electrons. The Morgan fingerprint density at radius 2 is 2.05 bits per heavy atom. The maximum Gasteiger partial charge on any atom is 0.222 e. The van der Waals surface area contributed by atoms with Gasteiger partial charge in [-0.05, 0) is 24.1 Å². The summed E-state index contributed by atoms with van der Waals surface area (Å²) in [6, 6.07) is 6.16. The lowest BCUT2D eigenvalue weighted by Crippen LogP contribution is -2.08. The predicted octanol–water partition coefficient (Wildman–Crippen LogP) is 2.99. The van der Waals surface area contributed by atoms with Crippen LogP contribution in [0.4, 0.5) is 16.2 Å². The number of hydrogen-bond acceptors (Lipinski definition) is 5. The van der Waals surface area contributed by atoms with E-state index in [4.69, 9.17) is 10.5 Å². The fourth-order valence-corrected chi connectivity index (χ4v) is 1.74. The number of nitrogen functional groups attached to an aromatic ring is 1. The van der Waals surface area contributed by atoms with E-state index in [1.54, 1.807) is 18.3 Å². The molecular formula is C15H19FN4O. The molecule has 0 unspecified atom stereocenters. The van der Waals surface area contributed by atoms with Crippen molar-refractivity contribution < 1.29 is 9.13 Å². The minimum atomic E-state index is -0.267. The van der Waals surface area contributed by atoms with E-state index in [9.17, 15) is 4.39 Å². The molecule has 0 saturated heterocycles. The Morgan fingerprint density at radius 3 is 2.76 bits per heavy atom. The van der Waals surface area contributed by atoms with Crippen molar-refractivity contribution in [3.05, 3.63) is 41.8 Å². The van der Waals surface area contributed by atoms with Gasteiger partial charge in [0.15, 0.2) is 11.6 Å². The van der Waals surface area contributed by atoms with Crippen LogP contribution in [0.3, 0.4) is 0 Å². The molecule has 0 aliphatic heterocycles. The smallest absolute Gasteiger partial charge is 0.222 e. The van der Waals surface area contributed by atoms with Crippen molar-refractivity contribution in [3.8, 4) is 5.75 Å². The number of aromatic nitrogens is 2. The third-order valence-electron chi connectivity index (χ3n) is 2.90. The second kappa shape index (κ2) is 7.42. The molecule has 2 aromatic rings. The number of unbranched alkanes of at least 4 members (excludes halogenated alkanes) is 1. The summed E-state index contributed by atoms with van der Waals surface area (Å²) in [4.78, 5) is 8.08. The Morgan fingerprint density at radius 1 is 1.29 bits per heavy atom. The van der Waals surface area contributed by atoms with Gasteiger partial charge >= 0.3 is 0 Å². The van der Waals surface area contributed by atoms with Crippen molar-refractivity contribution in [2.24, 2.45) is 0 Å². The van der Waals surface area contributed by atoms with Crippen LogP contribution in [0.25, 0.3) is 0 Å². The van der Waals surface area contributed by atoms with Gasteiger partial charge in [0, 0.05) is 6.54 Å². The van der Waals surface area contributed by atoms with Crippen LogP contribution >= 0.6 is 0 Å². The van der Waals surface area contributed by atoms with E-state index in [0.29, 0.717) is 18.2 Å². The molecule has 0 spiro atoms. The Bertz CT molecular complexity index is 574. The molecule has 1 aromatic heterocycles. The van der Waals surface area contributed by atoms with Crippen molar-refractivity contribution in [1.29, 1.82) is 0 Å². The summed E-state index contributed by atoms with van der Waals surface area (Å²) < 4.78 is 18.5. The second-order valence-corrected chi connectivity index (χ2v) is 4.64. The van der Waals surface area contributed by atoms with E-state index >= 15 is 0 Å². The lowest BCUT2D eigenvalue weighted by Gasteiger charge is -2.12. The predicted molar refractivity (Wildman–Crippen MR) is 80.6 cm³/mol. The zero-order valence-electron chi connectivity index (χ0n) is 12.0. The molecule has 1 heterocycles. The number of ether oxygens (including phenoxy) is 1. The summed E-state index contributed by atoms with van der Waals surface area (Å²) >= 11 is 0. The zero-order valence-corrected chi connectivity index (χ0v) is 12.0. The lowest BCUT2D eigenvalue weighted by atomic mass is 10.2. The molecule has 0 fully saturated rings. The van der Waals surface area contributed by atoms with Crippen molar-refractivity contribution in [2.75, 3.05) is 17.6 Å². The highest BCUT2D eigenvalue weighted by atomic mass is 19.1.